The van der Waals surface area contributed by atoms with E-state index in [9.17, 15) is 4.79 Å². The van der Waals surface area contributed by atoms with Gasteiger partial charge in [-0.1, -0.05) is 25.4 Å². The van der Waals surface area contributed by atoms with Crippen LogP contribution >= 0.6 is 22.9 Å². The van der Waals surface area contributed by atoms with E-state index in [-0.39, 0.29) is 5.91 Å². The fourth-order valence-electron chi connectivity index (χ4n) is 2.72. The second-order valence-electron chi connectivity index (χ2n) is 6.43. The SMILES string of the molecule is CC(C)CN1CCN(CC(=O)N(C)Cc2ccc(Cl)s2)CC1. The standard InChI is InChI=1S/C16H26ClN3OS/c1-13(2)10-19-6-8-20(9-7-19)12-16(21)18(3)11-14-4-5-15(17)22-14/h4-5,13H,6-12H2,1-3H3. The second-order valence-corrected chi connectivity index (χ2v) is 8.23. The predicted molar refractivity (Wildman–Crippen MR) is 93.5 cm³/mol. The van der Waals surface area contributed by atoms with Crippen molar-refractivity contribution >= 4 is 28.8 Å². The van der Waals surface area contributed by atoms with Gasteiger partial charge in [0.1, 0.15) is 0 Å². The van der Waals surface area contributed by atoms with Crippen LogP contribution in [-0.2, 0) is 11.3 Å². The van der Waals surface area contributed by atoms with Crippen molar-refractivity contribution in [3.8, 4) is 0 Å². The molecule has 0 atom stereocenters. The molecule has 0 aliphatic carbocycles. The average Bonchev–Trinajstić information content (AvgIpc) is 2.85. The molecule has 6 heteroatoms. The van der Waals surface area contributed by atoms with Gasteiger partial charge in [0, 0.05) is 44.6 Å². The van der Waals surface area contributed by atoms with E-state index in [1.165, 1.54) is 11.3 Å². The minimum absolute atomic E-state index is 0.182. The van der Waals surface area contributed by atoms with Gasteiger partial charge in [-0.2, -0.15) is 0 Å². The van der Waals surface area contributed by atoms with Crippen LogP contribution in [0.1, 0.15) is 18.7 Å². The van der Waals surface area contributed by atoms with Crippen molar-refractivity contribution in [1.82, 2.24) is 14.7 Å². The molecule has 2 heterocycles. The Bertz CT molecular complexity index is 483. The lowest BCUT2D eigenvalue weighted by atomic mass is 10.2. The zero-order chi connectivity index (χ0) is 16.1. The quantitative estimate of drug-likeness (QED) is 0.794. The minimum atomic E-state index is 0.182. The highest BCUT2D eigenvalue weighted by atomic mass is 35.5. The summed E-state index contributed by atoms with van der Waals surface area (Å²) >= 11 is 7.47. The number of halogens is 1. The van der Waals surface area contributed by atoms with Gasteiger partial charge in [0.25, 0.3) is 0 Å². The molecule has 1 aliphatic heterocycles. The Morgan fingerprint density at radius 1 is 1.27 bits per heavy atom. The summed E-state index contributed by atoms with van der Waals surface area (Å²) in [5.74, 6) is 0.888. The largest absolute Gasteiger partial charge is 0.340 e. The van der Waals surface area contributed by atoms with E-state index in [1.54, 1.807) is 4.90 Å². The third-order valence-corrected chi connectivity index (χ3v) is 5.11. The molecule has 22 heavy (non-hydrogen) atoms. The van der Waals surface area contributed by atoms with Crippen LogP contribution in [0.15, 0.2) is 12.1 Å². The number of hydrogen-bond acceptors (Lipinski definition) is 4. The van der Waals surface area contributed by atoms with Crippen LogP contribution in [0.25, 0.3) is 0 Å². The van der Waals surface area contributed by atoms with Gasteiger partial charge in [0.2, 0.25) is 5.91 Å². The third kappa shape index (κ3) is 5.54. The van der Waals surface area contributed by atoms with Gasteiger partial charge in [0.15, 0.2) is 0 Å². The monoisotopic (exact) mass is 343 g/mol. The Morgan fingerprint density at radius 3 is 2.45 bits per heavy atom. The topological polar surface area (TPSA) is 26.8 Å². The molecule has 124 valence electrons. The van der Waals surface area contributed by atoms with Gasteiger partial charge >= 0.3 is 0 Å². The average molecular weight is 344 g/mol. The highest BCUT2D eigenvalue weighted by molar-refractivity contribution is 7.16. The summed E-state index contributed by atoms with van der Waals surface area (Å²) in [4.78, 5) is 20.0. The first-order chi connectivity index (χ1) is 10.4. The lowest BCUT2D eigenvalue weighted by Gasteiger charge is -2.35. The van der Waals surface area contributed by atoms with Crippen molar-refractivity contribution in [2.24, 2.45) is 5.92 Å². The Labute approximate surface area is 142 Å². The predicted octanol–water partition coefficient (Wildman–Crippen LogP) is 2.63. The molecule has 0 saturated carbocycles. The summed E-state index contributed by atoms with van der Waals surface area (Å²) in [6, 6.07) is 3.87. The van der Waals surface area contributed by atoms with E-state index in [2.05, 4.69) is 23.6 Å². The van der Waals surface area contributed by atoms with Gasteiger partial charge < -0.3 is 9.80 Å². The number of piperazine rings is 1. The van der Waals surface area contributed by atoms with Gasteiger partial charge in [-0.05, 0) is 18.1 Å². The number of likely N-dealkylation sites (N-methyl/N-ethyl adjacent to an activating group) is 1. The number of rotatable bonds is 6. The van der Waals surface area contributed by atoms with E-state index in [4.69, 9.17) is 11.6 Å². The highest BCUT2D eigenvalue weighted by Gasteiger charge is 2.21. The number of carbonyl (C=O) groups is 1. The minimum Gasteiger partial charge on any atom is -0.340 e. The molecule has 1 aromatic rings. The van der Waals surface area contributed by atoms with Crippen molar-refractivity contribution in [1.29, 1.82) is 0 Å². The molecule has 1 fully saturated rings. The molecule has 0 bridgehead atoms. The van der Waals surface area contributed by atoms with Gasteiger partial charge in [-0.15, -0.1) is 11.3 Å². The maximum Gasteiger partial charge on any atom is 0.236 e. The molecule has 1 aromatic heterocycles. The van der Waals surface area contributed by atoms with Crippen LogP contribution < -0.4 is 0 Å². The van der Waals surface area contributed by atoms with Crippen LogP contribution in [0.3, 0.4) is 0 Å². The third-order valence-electron chi connectivity index (χ3n) is 3.89. The van der Waals surface area contributed by atoms with E-state index in [0.29, 0.717) is 19.0 Å². The van der Waals surface area contributed by atoms with Gasteiger partial charge in [-0.3, -0.25) is 9.69 Å². The Balaban J connectivity index is 1.73. The van der Waals surface area contributed by atoms with Gasteiger partial charge in [-0.25, -0.2) is 0 Å². The molecule has 1 saturated heterocycles. The first kappa shape index (κ1) is 17.7. The molecule has 2 rings (SSSR count). The zero-order valence-electron chi connectivity index (χ0n) is 13.7. The van der Waals surface area contributed by atoms with E-state index >= 15 is 0 Å². The Morgan fingerprint density at radius 2 is 1.91 bits per heavy atom. The van der Waals surface area contributed by atoms with Crippen molar-refractivity contribution in [2.75, 3.05) is 46.3 Å². The second kappa shape index (κ2) is 8.29. The maximum absolute atomic E-state index is 12.3. The van der Waals surface area contributed by atoms with E-state index in [1.807, 2.05) is 19.2 Å². The fraction of sp³-hybridized carbons (Fsp3) is 0.688. The molecule has 1 aliphatic rings. The van der Waals surface area contributed by atoms with Gasteiger partial charge in [0.05, 0.1) is 17.4 Å². The van der Waals surface area contributed by atoms with Crippen LogP contribution in [0.2, 0.25) is 4.34 Å². The maximum atomic E-state index is 12.3. The molecule has 0 spiro atoms. The summed E-state index contributed by atoms with van der Waals surface area (Å²) in [6.45, 7) is 10.9. The zero-order valence-corrected chi connectivity index (χ0v) is 15.3. The van der Waals surface area contributed by atoms with Crippen molar-refractivity contribution in [3.05, 3.63) is 21.3 Å². The van der Waals surface area contributed by atoms with Crippen molar-refractivity contribution < 1.29 is 4.79 Å². The highest BCUT2D eigenvalue weighted by Crippen LogP contribution is 2.22. The van der Waals surface area contributed by atoms with Crippen LogP contribution in [0.4, 0.5) is 0 Å². The molecule has 0 N–H and O–H groups in total. The molecule has 0 radical (unpaired) electrons. The molecule has 0 aromatic carbocycles. The smallest absolute Gasteiger partial charge is 0.236 e. The normalized spacial score (nSPS) is 17.1. The Hall–Kier alpha value is -0.620. The van der Waals surface area contributed by atoms with Crippen LogP contribution in [-0.4, -0.2) is 66.9 Å². The molecule has 1 amide bonds. The molecule has 4 nitrogen and oxygen atoms in total. The first-order valence-electron chi connectivity index (χ1n) is 7.87. The lowest BCUT2D eigenvalue weighted by Crippen LogP contribution is -2.50. The number of amides is 1. The molecule has 0 unspecified atom stereocenters. The van der Waals surface area contributed by atoms with Crippen LogP contribution in [0.5, 0.6) is 0 Å². The summed E-state index contributed by atoms with van der Waals surface area (Å²) in [6.07, 6.45) is 0. The number of hydrogen-bond donors (Lipinski definition) is 0. The summed E-state index contributed by atoms with van der Waals surface area (Å²) in [7, 11) is 1.87. The van der Waals surface area contributed by atoms with E-state index < -0.39 is 0 Å². The molecular formula is C16H26ClN3OS. The summed E-state index contributed by atoms with van der Waals surface area (Å²) in [5, 5.41) is 0. The summed E-state index contributed by atoms with van der Waals surface area (Å²) < 4.78 is 0.775. The van der Waals surface area contributed by atoms with E-state index in [0.717, 1.165) is 41.9 Å². The fourth-order valence-corrected chi connectivity index (χ4v) is 3.86. The molecular weight excluding hydrogens is 318 g/mol. The number of thiophene rings is 1. The summed E-state index contributed by atoms with van der Waals surface area (Å²) in [5.41, 5.74) is 0. The first-order valence-corrected chi connectivity index (χ1v) is 9.06. The number of nitrogens with zero attached hydrogens (tertiary/aromatic N) is 3. The lowest BCUT2D eigenvalue weighted by molar-refractivity contribution is -0.132. The number of carbonyl (C=O) groups excluding carboxylic acids is 1. The van der Waals surface area contributed by atoms with Crippen molar-refractivity contribution in [3.63, 3.8) is 0 Å². The Kier molecular flexibility index (Phi) is 6.68. The van der Waals surface area contributed by atoms with Crippen molar-refractivity contribution in [2.45, 2.75) is 20.4 Å². The van der Waals surface area contributed by atoms with Crippen LogP contribution in [0, 0.1) is 5.92 Å².